The predicted octanol–water partition coefficient (Wildman–Crippen LogP) is 3.29. The minimum Gasteiger partial charge on any atom is -0.493 e. The van der Waals surface area contributed by atoms with Crippen molar-refractivity contribution >= 4 is 11.9 Å². The van der Waals surface area contributed by atoms with Crippen LogP contribution in [0.5, 0.6) is 11.5 Å². The molecule has 0 spiro atoms. The molecule has 0 radical (unpaired) electrons. The maximum Gasteiger partial charge on any atom is 0.343 e. The lowest BCUT2D eigenvalue weighted by molar-refractivity contribution is 0.0684. The standard InChI is InChI=1S/C20H16O7/c1-25-16-11-13(17(21)18-14(19(22)23)9-10-26-18)7-8-15(16)27-20(24)12-5-3-2-4-6-12/h2-11,17,21H,1H3,(H,22,23). The van der Waals surface area contributed by atoms with Gasteiger partial charge in [0.2, 0.25) is 0 Å². The number of esters is 1. The van der Waals surface area contributed by atoms with Gasteiger partial charge in [-0.15, -0.1) is 0 Å². The first-order chi connectivity index (χ1) is 13.0. The Morgan fingerprint density at radius 1 is 1.04 bits per heavy atom. The van der Waals surface area contributed by atoms with Gasteiger partial charge in [-0.25, -0.2) is 9.59 Å². The maximum absolute atomic E-state index is 12.2. The van der Waals surface area contributed by atoms with Crippen molar-refractivity contribution in [2.45, 2.75) is 6.10 Å². The summed E-state index contributed by atoms with van der Waals surface area (Å²) in [6.07, 6.45) is -0.131. The minimum atomic E-state index is -1.32. The largest absolute Gasteiger partial charge is 0.493 e. The van der Waals surface area contributed by atoms with Crippen LogP contribution in [0.15, 0.2) is 65.3 Å². The van der Waals surface area contributed by atoms with Gasteiger partial charge in [0.05, 0.1) is 18.9 Å². The molecule has 0 saturated carbocycles. The summed E-state index contributed by atoms with van der Waals surface area (Å²) in [4.78, 5) is 23.4. The molecule has 0 aliphatic heterocycles. The smallest absolute Gasteiger partial charge is 0.343 e. The number of ether oxygens (including phenoxy) is 2. The summed E-state index contributed by atoms with van der Waals surface area (Å²) >= 11 is 0. The summed E-state index contributed by atoms with van der Waals surface area (Å²) in [6, 6.07) is 14.1. The maximum atomic E-state index is 12.2. The van der Waals surface area contributed by atoms with Crippen LogP contribution >= 0.6 is 0 Å². The van der Waals surface area contributed by atoms with Crippen molar-refractivity contribution in [1.82, 2.24) is 0 Å². The second kappa shape index (κ2) is 7.76. The highest BCUT2D eigenvalue weighted by Gasteiger charge is 2.23. The molecule has 7 heteroatoms. The fraction of sp³-hybridized carbons (Fsp3) is 0.100. The number of carboxylic acid groups (broad SMARTS) is 1. The van der Waals surface area contributed by atoms with E-state index < -0.39 is 18.0 Å². The van der Waals surface area contributed by atoms with E-state index in [4.69, 9.17) is 19.0 Å². The quantitative estimate of drug-likeness (QED) is 0.508. The first-order valence-electron chi connectivity index (χ1n) is 7.95. The van der Waals surface area contributed by atoms with E-state index >= 15 is 0 Å². The Morgan fingerprint density at radius 2 is 1.78 bits per heavy atom. The van der Waals surface area contributed by atoms with Gasteiger partial charge in [-0.3, -0.25) is 0 Å². The Morgan fingerprint density at radius 3 is 2.44 bits per heavy atom. The summed E-state index contributed by atoms with van der Waals surface area (Å²) < 4.78 is 15.7. The average Bonchev–Trinajstić information content (AvgIpc) is 3.18. The second-order valence-corrected chi connectivity index (χ2v) is 5.57. The van der Waals surface area contributed by atoms with Gasteiger partial charge in [0.25, 0.3) is 0 Å². The molecule has 3 aromatic rings. The van der Waals surface area contributed by atoms with Crippen LogP contribution in [0.25, 0.3) is 0 Å². The molecule has 0 aliphatic rings. The number of carboxylic acids is 1. The third kappa shape index (κ3) is 3.83. The van der Waals surface area contributed by atoms with Crippen LogP contribution < -0.4 is 9.47 Å². The van der Waals surface area contributed by atoms with E-state index in [9.17, 15) is 14.7 Å². The van der Waals surface area contributed by atoms with Gasteiger partial charge in [-0.2, -0.15) is 0 Å². The minimum absolute atomic E-state index is 0.0985. The number of methoxy groups -OCH3 is 1. The van der Waals surface area contributed by atoms with E-state index in [1.807, 2.05) is 0 Å². The van der Waals surface area contributed by atoms with Crippen molar-refractivity contribution in [3.63, 3.8) is 0 Å². The van der Waals surface area contributed by atoms with Crippen molar-refractivity contribution in [3.05, 3.63) is 83.3 Å². The molecule has 0 aliphatic carbocycles. The molecular weight excluding hydrogens is 352 g/mol. The van der Waals surface area contributed by atoms with Crippen LogP contribution in [0.3, 0.4) is 0 Å². The Labute approximate surface area is 154 Å². The van der Waals surface area contributed by atoms with Crippen LogP contribution in [-0.2, 0) is 0 Å². The van der Waals surface area contributed by atoms with Crippen molar-refractivity contribution in [3.8, 4) is 11.5 Å². The zero-order valence-electron chi connectivity index (χ0n) is 14.3. The molecule has 0 saturated heterocycles. The molecular formula is C20H16O7. The number of aliphatic hydroxyl groups excluding tert-OH is 1. The fourth-order valence-electron chi connectivity index (χ4n) is 2.53. The van der Waals surface area contributed by atoms with E-state index in [0.717, 1.165) is 0 Å². The molecule has 1 aromatic heterocycles. The number of benzene rings is 2. The number of hydrogen-bond acceptors (Lipinski definition) is 6. The second-order valence-electron chi connectivity index (χ2n) is 5.57. The van der Waals surface area contributed by atoms with Gasteiger partial charge < -0.3 is 24.1 Å². The summed E-state index contributed by atoms with van der Waals surface area (Å²) in [6.45, 7) is 0. The van der Waals surface area contributed by atoms with Crippen molar-refractivity contribution < 1.29 is 33.7 Å². The van der Waals surface area contributed by atoms with Crippen LogP contribution in [0.2, 0.25) is 0 Å². The van der Waals surface area contributed by atoms with Gasteiger partial charge >= 0.3 is 11.9 Å². The van der Waals surface area contributed by atoms with Gasteiger partial charge in [-0.05, 0) is 35.9 Å². The summed E-state index contributed by atoms with van der Waals surface area (Å²) in [5.74, 6) is -1.49. The van der Waals surface area contributed by atoms with Crippen molar-refractivity contribution in [2.24, 2.45) is 0 Å². The van der Waals surface area contributed by atoms with Crippen LogP contribution in [0.1, 0.15) is 38.1 Å². The predicted molar refractivity (Wildman–Crippen MR) is 94.1 cm³/mol. The van der Waals surface area contributed by atoms with Crippen LogP contribution in [0.4, 0.5) is 0 Å². The van der Waals surface area contributed by atoms with Crippen LogP contribution in [0, 0.1) is 0 Å². The molecule has 0 fully saturated rings. The number of aromatic carboxylic acids is 1. The SMILES string of the molecule is COc1cc(C(O)c2occc2C(=O)O)ccc1OC(=O)c1ccccc1. The van der Waals surface area contributed by atoms with E-state index in [1.54, 1.807) is 30.3 Å². The summed E-state index contributed by atoms with van der Waals surface area (Å²) in [7, 11) is 1.39. The van der Waals surface area contributed by atoms with Gasteiger partial charge in [0.15, 0.2) is 17.3 Å². The lowest BCUT2D eigenvalue weighted by Gasteiger charge is -2.14. The Hall–Kier alpha value is -3.58. The molecule has 1 heterocycles. The van der Waals surface area contributed by atoms with Gasteiger partial charge in [0, 0.05) is 0 Å². The molecule has 3 rings (SSSR count). The average molecular weight is 368 g/mol. The van der Waals surface area contributed by atoms with Crippen molar-refractivity contribution in [1.29, 1.82) is 0 Å². The van der Waals surface area contributed by atoms with Crippen LogP contribution in [-0.4, -0.2) is 29.3 Å². The highest BCUT2D eigenvalue weighted by atomic mass is 16.6. The molecule has 0 amide bonds. The van der Waals surface area contributed by atoms with E-state index in [2.05, 4.69) is 0 Å². The topological polar surface area (TPSA) is 106 Å². The number of hydrogen-bond donors (Lipinski definition) is 2. The first kappa shape index (κ1) is 18.2. The molecule has 2 N–H and O–H groups in total. The Kier molecular flexibility index (Phi) is 5.23. The molecule has 0 bridgehead atoms. The molecule has 1 atom stereocenters. The number of carbonyl (C=O) groups is 2. The zero-order chi connectivity index (χ0) is 19.4. The molecule has 138 valence electrons. The Balaban J connectivity index is 1.87. The summed E-state index contributed by atoms with van der Waals surface area (Å²) in [5.41, 5.74) is 0.565. The fourth-order valence-corrected chi connectivity index (χ4v) is 2.53. The molecule has 27 heavy (non-hydrogen) atoms. The van der Waals surface area contributed by atoms with Crippen molar-refractivity contribution in [2.75, 3.05) is 7.11 Å². The first-order valence-corrected chi connectivity index (χ1v) is 7.95. The third-order valence-corrected chi connectivity index (χ3v) is 3.89. The van der Waals surface area contributed by atoms with E-state index in [-0.39, 0.29) is 22.8 Å². The number of carbonyl (C=O) groups excluding carboxylic acids is 1. The number of aliphatic hydroxyl groups is 1. The normalized spacial score (nSPS) is 11.6. The van der Waals surface area contributed by atoms with Gasteiger partial charge in [0.1, 0.15) is 11.7 Å². The van der Waals surface area contributed by atoms with Gasteiger partial charge in [-0.1, -0.05) is 24.3 Å². The lowest BCUT2D eigenvalue weighted by Crippen LogP contribution is -2.10. The number of rotatable bonds is 6. The van der Waals surface area contributed by atoms with E-state index in [1.165, 1.54) is 37.6 Å². The molecule has 7 nitrogen and oxygen atoms in total. The monoisotopic (exact) mass is 368 g/mol. The summed E-state index contributed by atoms with van der Waals surface area (Å²) in [5, 5.41) is 19.6. The number of furan rings is 1. The molecule has 2 aromatic carbocycles. The highest BCUT2D eigenvalue weighted by Crippen LogP contribution is 2.34. The van der Waals surface area contributed by atoms with E-state index in [0.29, 0.717) is 11.1 Å². The lowest BCUT2D eigenvalue weighted by atomic mass is 10.0. The third-order valence-electron chi connectivity index (χ3n) is 3.89. The molecule has 1 unspecified atom stereocenters. The zero-order valence-corrected chi connectivity index (χ0v) is 14.3. The highest BCUT2D eigenvalue weighted by molar-refractivity contribution is 5.91. The Bertz CT molecular complexity index is 959.